The highest BCUT2D eigenvalue weighted by Crippen LogP contribution is 2.26. The van der Waals surface area contributed by atoms with Crippen molar-refractivity contribution in [3.05, 3.63) is 48.6 Å². The number of likely N-dealkylation sites (tertiary alicyclic amines) is 1. The fourth-order valence-corrected chi connectivity index (χ4v) is 2.67. The van der Waals surface area contributed by atoms with Crippen molar-refractivity contribution in [1.29, 1.82) is 0 Å². The van der Waals surface area contributed by atoms with Crippen molar-refractivity contribution >= 4 is 35.8 Å². The lowest BCUT2D eigenvalue weighted by Gasteiger charge is -2.22. The second-order valence-electron chi connectivity index (χ2n) is 5.94. The van der Waals surface area contributed by atoms with E-state index in [-0.39, 0.29) is 36.4 Å². The number of guanidine groups is 1. The molecule has 1 saturated heterocycles. The van der Waals surface area contributed by atoms with Crippen molar-refractivity contribution in [3.63, 3.8) is 0 Å². The molecular weight excluding hydrogens is 415 g/mol. The first kappa shape index (κ1) is 20.5. The Morgan fingerprint density at radius 2 is 2.12 bits per heavy atom. The van der Waals surface area contributed by atoms with Crippen LogP contribution in [0.2, 0.25) is 0 Å². The highest BCUT2D eigenvalue weighted by Gasteiger charge is 2.26. The van der Waals surface area contributed by atoms with Gasteiger partial charge in [-0.25, -0.2) is 4.99 Å². The molecular formula is C18H27IN4O. The molecule has 0 aromatic heterocycles. The van der Waals surface area contributed by atoms with Gasteiger partial charge >= 0.3 is 0 Å². The van der Waals surface area contributed by atoms with Crippen LogP contribution in [0.5, 0.6) is 0 Å². The number of aliphatic imine (C=N–C) groups is 1. The van der Waals surface area contributed by atoms with Gasteiger partial charge in [0.2, 0.25) is 5.91 Å². The molecule has 1 atom stereocenters. The molecule has 6 heteroatoms. The molecule has 1 heterocycles. The number of carbonyl (C=O) groups is 1. The van der Waals surface area contributed by atoms with Crippen molar-refractivity contribution in [2.24, 2.45) is 4.99 Å². The maximum atomic E-state index is 11.8. The summed E-state index contributed by atoms with van der Waals surface area (Å²) in [5, 5.41) is 3.26. The summed E-state index contributed by atoms with van der Waals surface area (Å²) in [7, 11) is 3.49. The molecule has 0 saturated carbocycles. The van der Waals surface area contributed by atoms with Crippen molar-refractivity contribution in [2.75, 3.05) is 40.3 Å². The van der Waals surface area contributed by atoms with Crippen molar-refractivity contribution in [1.82, 2.24) is 15.1 Å². The molecule has 0 spiro atoms. The van der Waals surface area contributed by atoms with E-state index >= 15 is 0 Å². The zero-order valence-electron chi connectivity index (χ0n) is 14.4. The third-order valence-electron chi connectivity index (χ3n) is 4.03. The summed E-state index contributed by atoms with van der Waals surface area (Å²) in [4.78, 5) is 20.0. The molecule has 1 aliphatic rings. The first-order valence-electron chi connectivity index (χ1n) is 8.01. The summed E-state index contributed by atoms with van der Waals surface area (Å²) in [6.07, 6.45) is 2.90. The minimum Gasteiger partial charge on any atom is -0.353 e. The molecule has 24 heavy (non-hydrogen) atoms. The van der Waals surface area contributed by atoms with Gasteiger partial charge in [-0.3, -0.25) is 4.79 Å². The third-order valence-corrected chi connectivity index (χ3v) is 4.03. The summed E-state index contributed by atoms with van der Waals surface area (Å²) in [5.74, 6) is 1.30. The van der Waals surface area contributed by atoms with Crippen LogP contribution in [0.3, 0.4) is 0 Å². The van der Waals surface area contributed by atoms with Gasteiger partial charge in [-0.1, -0.05) is 36.4 Å². The van der Waals surface area contributed by atoms with Gasteiger partial charge in [-0.2, -0.15) is 0 Å². The van der Waals surface area contributed by atoms with E-state index in [1.165, 1.54) is 5.56 Å². The zero-order chi connectivity index (χ0) is 16.7. The van der Waals surface area contributed by atoms with E-state index < -0.39 is 0 Å². The van der Waals surface area contributed by atoms with E-state index in [1.807, 2.05) is 6.07 Å². The van der Waals surface area contributed by atoms with Gasteiger partial charge in [0.1, 0.15) is 6.54 Å². The Labute approximate surface area is 161 Å². The van der Waals surface area contributed by atoms with Crippen LogP contribution < -0.4 is 5.32 Å². The maximum absolute atomic E-state index is 11.8. The van der Waals surface area contributed by atoms with E-state index in [0.717, 1.165) is 25.5 Å². The van der Waals surface area contributed by atoms with E-state index in [4.69, 9.17) is 0 Å². The Balaban J connectivity index is 0.00000288. The highest BCUT2D eigenvalue weighted by atomic mass is 127. The molecule has 2 rings (SSSR count). The number of rotatable bonds is 5. The van der Waals surface area contributed by atoms with Crippen LogP contribution in [0.4, 0.5) is 0 Å². The molecule has 0 bridgehead atoms. The minimum absolute atomic E-state index is 0. The van der Waals surface area contributed by atoms with E-state index in [2.05, 4.69) is 46.1 Å². The molecule has 1 aromatic rings. The summed E-state index contributed by atoms with van der Waals surface area (Å²) in [6, 6.07) is 10.6. The molecule has 132 valence electrons. The first-order valence-corrected chi connectivity index (χ1v) is 8.01. The Hall–Kier alpha value is -1.57. The predicted molar refractivity (Wildman–Crippen MR) is 110 cm³/mol. The lowest BCUT2D eigenvalue weighted by Crippen LogP contribution is -2.41. The standard InChI is InChI=1S/C18H26N4O.HI/c1-4-11-19-18(20-13-17(23)21(2)3)22-12-10-16(14-22)15-8-6-5-7-9-15;/h4-9,16H,1,10-14H2,2-3H3,(H,19,20);1H. The summed E-state index contributed by atoms with van der Waals surface area (Å²) >= 11 is 0. The van der Waals surface area contributed by atoms with Crippen molar-refractivity contribution in [2.45, 2.75) is 12.3 Å². The van der Waals surface area contributed by atoms with Gasteiger partial charge in [-0.15, -0.1) is 30.6 Å². The van der Waals surface area contributed by atoms with Crippen LogP contribution in [-0.2, 0) is 4.79 Å². The lowest BCUT2D eigenvalue weighted by atomic mass is 9.99. The monoisotopic (exact) mass is 442 g/mol. The molecule has 0 radical (unpaired) electrons. The average molecular weight is 442 g/mol. The van der Waals surface area contributed by atoms with E-state index in [0.29, 0.717) is 12.5 Å². The first-order chi connectivity index (χ1) is 11.1. The molecule has 1 N–H and O–H groups in total. The molecule has 1 amide bonds. The predicted octanol–water partition coefficient (Wildman–Crippen LogP) is 2.31. The number of nitrogens with zero attached hydrogens (tertiary/aromatic N) is 3. The van der Waals surface area contributed by atoms with Crippen LogP contribution in [-0.4, -0.2) is 61.9 Å². The Morgan fingerprint density at radius 3 is 2.75 bits per heavy atom. The zero-order valence-corrected chi connectivity index (χ0v) is 16.8. The molecule has 1 unspecified atom stereocenters. The third kappa shape index (κ3) is 5.81. The normalized spacial score (nSPS) is 17.2. The Kier molecular flexibility index (Phi) is 8.81. The topological polar surface area (TPSA) is 47.9 Å². The minimum atomic E-state index is 0. The highest BCUT2D eigenvalue weighted by molar-refractivity contribution is 14.0. The Morgan fingerprint density at radius 1 is 1.42 bits per heavy atom. The smallest absolute Gasteiger partial charge is 0.243 e. The SMILES string of the molecule is C=CCNC(=NCC(=O)N(C)C)N1CCC(c2ccccc2)C1.I. The number of carbonyl (C=O) groups excluding carboxylic acids is 1. The molecule has 1 aliphatic heterocycles. The van der Waals surface area contributed by atoms with Crippen LogP contribution in [0.25, 0.3) is 0 Å². The molecule has 5 nitrogen and oxygen atoms in total. The van der Waals surface area contributed by atoms with Crippen LogP contribution in [0.1, 0.15) is 17.9 Å². The average Bonchev–Trinajstić information content (AvgIpc) is 3.05. The van der Waals surface area contributed by atoms with Gasteiger partial charge in [0, 0.05) is 39.6 Å². The van der Waals surface area contributed by atoms with Gasteiger partial charge in [0.05, 0.1) is 0 Å². The number of amides is 1. The molecule has 1 fully saturated rings. The number of benzene rings is 1. The number of likely N-dealkylation sites (N-methyl/N-ethyl adjacent to an activating group) is 1. The summed E-state index contributed by atoms with van der Waals surface area (Å²) in [5.41, 5.74) is 1.36. The fraction of sp³-hybridized carbons (Fsp3) is 0.444. The van der Waals surface area contributed by atoms with E-state index in [1.54, 1.807) is 25.1 Å². The molecule has 0 aliphatic carbocycles. The Bertz CT molecular complexity index is 559. The number of nitrogens with one attached hydrogen (secondary N) is 1. The number of halogens is 1. The van der Waals surface area contributed by atoms with Gasteiger partial charge in [0.25, 0.3) is 0 Å². The van der Waals surface area contributed by atoms with Crippen LogP contribution in [0.15, 0.2) is 48.0 Å². The van der Waals surface area contributed by atoms with Gasteiger partial charge in [-0.05, 0) is 12.0 Å². The number of hydrogen-bond acceptors (Lipinski definition) is 2. The lowest BCUT2D eigenvalue weighted by molar-refractivity contribution is -0.127. The van der Waals surface area contributed by atoms with Gasteiger partial charge < -0.3 is 15.1 Å². The van der Waals surface area contributed by atoms with Crippen molar-refractivity contribution in [3.8, 4) is 0 Å². The molecule has 1 aromatic carbocycles. The van der Waals surface area contributed by atoms with E-state index in [9.17, 15) is 4.79 Å². The second-order valence-corrected chi connectivity index (χ2v) is 5.94. The summed E-state index contributed by atoms with van der Waals surface area (Å²) in [6.45, 7) is 6.40. The largest absolute Gasteiger partial charge is 0.353 e. The van der Waals surface area contributed by atoms with Crippen molar-refractivity contribution < 1.29 is 4.79 Å². The van der Waals surface area contributed by atoms with Gasteiger partial charge in [0.15, 0.2) is 5.96 Å². The van der Waals surface area contributed by atoms with Crippen LogP contribution >= 0.6 is 24.0 Å². The second kappa shape index (κ2) is 10.3. The van der Waals surface area contributed by atoms with Crippen LogP contribution in [0, 0.1) is 0 Å². The number of hydrogen-bond donors (Lipinski definition) is 1. The fourth-order valence-electron chi connectivity index (χ4n) is 2.67. The maximum Gasteiger partial charge on any atom is 0.243 e. The quantitative estimate of drug-likeness (QED) is 0.330. The summed E-state index contributed by atoms with van der Waals surface area (Å²) < 4.78 is 0.